The van der Waals surface area contributed by atoms with E-state index in [1.807, 2.05) is 27.7 Å². The topological polar surface area (TPSA) is 140 Å². The summed E-state index contributed by atoms with van der Waals surface area (Å²) >= 11 is -1.61. The van der Waals surface area contributed by atoms with Crippen LogP contribution in [0, 0.1) is 0 Å². The minimum absolute atomic E-state index is 0.140. The number of amides is 1. The Morgan fingerprint density at radius 1 is 1.29 bits per heavy atom. The number of amidine groups is 1. The molecule has 4 rings (SSSR count). The van der Waals surface area contributed by atoms with Crippen molar-refractivity contribution in [1.29, 1.82) is 0 Å². The van der Waals surface area contributed by atoms with E-state index < -0.39 is 16.7 Å². The zero-order chi connectivity index (χ0) is 25.4. The van der Waals surface area contributed by atoms with Crippen LogP contribution in [0.15, 0.2) is 40.9 Å². The van der Waals surface area contributed by atoms with Crippen LogP contribution in [-0.2, 0) is 15.9 Å². The molecule has 0 spiro atoms. The summed E-state index contributed by atoms with van der Waals surface area (Å²) in [5.41, 5.74) is 6.92. The molecular formula is C24H34N6O4S. The van der Waals surface area contributed by atoms with Crippen LogP contribution in [0.1, 0.15) is 56.5 Å². The van der Waals surface area contributed by atoms with Crippen LogP contribution in [0.25, 0.3) is 0 Å². The van der Waals surface area contributed by atoms with E-state index in [2.05, 4.69) is 24.7 Å². The van der Waals surface area contributed by atoms with E-state index in [0.29, 0.717) is 28.4 Å². The Morgan fingerprint density at radius 3 is 2.77 bits per heavy atom. The van der Waals surface area contributed by atoms with Crippen LogP contribution in [-0.4, -0.2) is 52.3 Å². The van der Waals surface area contributed by atoms with E-state index in [0.717, 1.165) is 26.1 Å². The van der Waals surface area contributed by atoms with Crippen molar-refractivity contribution in [2.24, 2.45) is 10.1 Å². The van der Waals surface area contributed by atoms with Crippen LogP contribution in [0.4, 0.5) is 11.5 Å². The van der Waals surface area contributed by atoms with E-state index in [1.165, 1.54) is 0 Å². The standard InChI is InChI=1S/C22H28N6O4S.C2H6/c1-22(2,13-32-17-5-3-4-16-19(17)20(23)28-33(30)27-16)26-21(29)14-6-9-24-18(12-14)25-15-7-10-31-11-8-15;1-2/h3-6,9,12,15,27H,7-8,10-11,13H2,1-2H3,(H2,23,28)(H,24,25)(H,26,29);1-2H3. The smallest absolute Gasteiger partial charge is 0.252 e. The number of nitrogens with one attached hydrogen (secondary N) is 3. The zero-order valence-corrected chi connectivity index (χ0v) is 21.4. The minimum Gasteiger partial charge on any atom is -0.490 e. The summed E-state index contributed by atoms with van der Waals surface area (Å²) in [7, 11) is 0. The molecule has 0 saturated carbocycles. The first kappa shape index (κ1) is 26.4. The lowest BCUT2D eigenvalue weighted by atomic mass is 10.1. The molecular weight excluding hydrogens is 468 g/mol. The number of ether oxygens (including phenoxy) is 2. The predicted octanol–water partition coefficient (Wildman–Crippen LogP) is 3.00. The molecule has 0 radical (unpaired) electrons. The molecule has 1 unspecified atom stereocenters. The first-order valence-corrected chi connectivity index (χ1v) is 12.8. The summed E-state index contributed by atoms with van der Waals surface area (Å²) in [6.45, 7) is 9.37. The molecule has 1 aromatic heterocycles. The van der Waals surface area contributed by atoms with Crippen molar-refractivity contribution >= 4 is 34.4 Å². The van der Waals surface area contributed by atoms with Gasteiger partial charge in [-0.3, -0.25) is 9.52 Å². The third-order valence-electron chi connectivity index (χ3n) is 5.30. The highest BCUT2D eigenvalue weighted by Gasteiger charge is 2.25. The second-order valence-electron chi connectivity index (χ2n) is 8.59. The zero-order valence-electron chi connectivity index (χ0n) is 20.6. The number of hydrogen-bond donors (Lipinski definition) is 4. The van der Waals surface area contributed by atoms with Crippen LogP contribution in [0.2, 0.25) is 0 Å². The monoisotopic (exact) mass is 502 g/mol. The van der Waals surface area contributed by atoms with Gasteiger partial charge in [0, 0.05) is 31.0 Å². The second-order valence-corrected chi connectivity index (χ2v) is 9.48. The molecule has 5 N–H and O–H groups in total. The Bertz CT molecular complexity index is 1090. The predicted molar refractivity (Wildman–Crippen MR) is 139 cm³/mol. The third-order valence-corrected chi connectivity index (χ3v) is 6.05. The maximum absolute atomic E-state index is 12.9. The van der Waals surface area contributed by atoms with Gasteiger partial charge in [0.2, 0.25) is 11.2 Å². The first-order chi connectivity index (χ1) is 16.8. The molecule has 1 fully saturated rings. The lowest BCUT2D eigenvalue weighted by molar-refractivity contribution is 0.0879. The Kier molecular flexibility index (Phi) is 9.05. The van der Waals surface area contributed by atoms with Gasteiger partial charge < -0.3 is 25.8 Å². The molecule has 3 heterocycles. The van der Waals surface area contributed by atoms with Gasteiger partial charge in [-0.15, -0.1) is 0 Å². The van der Waals surface area contributed by atoms with Gasteiger partial charge in [0.15, 0.2) is 0 Å². The van der Waals surface area contributed by atoms with Crippen LogP contribution in [0.5, 0.6) is 5.75 Å². The number of anilines is 2. The van der Waals surface area contributed by atoms with Gasteiger partial charge in [-0.05, 0) is 51.0 Å². The van der Waals surface area contributed by atoms with E-state index in [4.69, 9.17) is 15.2 Å². The lowest BCUT2D eigenvalue weighted by Crippen LogP contribution is -2.48. The summed E-state index contributed by atoms with van der Waals surface area (Å²) in [6.07, 6.45) is 3.44. The molecule has 2 aliphatic heterocycles. The maximum Gasteiger partial charge on any atom is 0.252 e. The number of nitrogens with two attached hydrogens (primary N) is 1. The third kappa shape index (κ3) is 7.15. The van der Waals surface area contributed by atoms with Crippen molar-refractivity contribution in [2.45, 2.75) is 52.1 Å². The van der Waals surface area contributed by atoms with Crippen LogP contribution in [0.3, 0.4) is 0 Å². The fourth-order valence-electron chi connectivity index (χ4n) is 3.63. The van der Waals surface area contributed by atoms with Crippen molar-refractivity contribution < 1.29 is 18.5 Å². The van der Waals surface area contributed by atoms with Gasteiger partial charge in [-0.2, -0.15) is 4.40 Å². The summed E-state index contributed by atoms with van der Waals surface area (Å²) in [4.78, 5) is 17.2. The van der Waals surface area contributed by atoms with Crippen molar-refractivity contribution in [1.82, 2.24) is 10.3 Å². The fourth-order valence-corrected chi connectivity index (χ4v) is 4.30. The minimum atomic E-state index is -1.61. The fraction of sp³-hybridized carbons (Fsp3) is 0.458. The Balaban J connectivity index is 0.00000167. The molecule has 0 aliphatic carbocycles. The largest absolute Gasteiger partial charge is 0.490 e. The Hall–Kier alpha value is -3.18. The SMILES string of the molecule is CC.CC(C)(COc1cccc2c1C(N)=NS(=O)N2)NC(=O)c1ccnc(NC2CCOCC2)c1. The van der Waals surface area contributed by atoms with Crippen LogP contribution < -0.4 is 25.8 Å². The van der Waals surface area contributed by atoms with Gasteiger partial charge in [-0.25, -0.2) is 9.19 Å². The number of nitrogens with zero attached hydrogens (tertiary/aromatic N) is 2. The number of pyridine rings is 1. The molecule has 190 valence electrons. The van der Waals surface area contributed by atoms with Crippen molar-refractivity contribution in [3.8, 4) is 5.75 Å². The Morgan fingerprint density at radius 2 is 2.03 bits per heavy atom. The molecule has 10 nitrogen and oxygen atoms in total. The molecule has 2 aliphatic rings. The van der Waals surface area contributed by atoms with Gasteiger partial charge in [-0.1, -0.05) is 19.9 Å². The van der Waals surface area contributed by atoms with E-state index in [-0.39, 0.29) is 24.4 Å². The molecule has 35 heavy (non-hydrogen) atoms. The highest BCUT2D eigenvalue weighted by molar-refractivity contribution is 7.85. The Labute approximate surface area is 208 Å². The van der Waals surface area contributed by atoms with Crippen molar-refractivity contribution in [3.63, 3.8) is 0 Å². The number of aromatic nitrogens is 1. The average Bonchev–Trinajstić information content (AvgIpc) is 2.84. The summed E-state index contributed by atoms with van der Waals surface area (Å²) in [5, 5.41) is 6.38. The normalized spacial score (nSPS) is 17.6. The number of rotatable bonds is 7. The number of fused-ring (bicyclic) bond motifs is 1. The molecule has 11 heteroatoms. The number of benzene rings is 1. The first-order valence-electron chi connectivity index (χ1n) is 11.7. The molecule has 2 aromatic rings. The molecule has 1 saturated heterocycles. The molecule has 0 bridgehead atoms. The number of carbonyl (C=O) groups is 1. The highest BCUT2D eigenvalue weighted by atomic mass is 32.2. The summed E-state index contributed by atoms with van der Waals surface area (Å²) in [6, 6.07) is 8.99. The lowest BCUT2D eigenvalue weighted by Gasteiger charge is -2.28. The molecule has 1 amide bonds. The summed E-state index contributed by atoms with van der Waals surface area (Å²) in [5.74, 6) is 1.07. The average molecular weight is 503 g/mol. The maximum atomic E-state index is 12.9. The number of carbonyl (C=O) groups excluding carboxylic acids is 1. The van der Waals surface area contributed by atoms with E-state index in [1.54, 1.807) is 36.5 Å². The van der Waals surface area contributed by atoms with Crippen molar-refractivity contribution in [3.05, 3.63) is 47.7 Å². The van der Waals surface area contributed by atoms with Gasteiger partial charge in [0.25, 0.3) is 5.91 Å². The van der Waals surface area contributed by atoms with Crippen molar-refractivity contribution in [2.75, 3.05) is 29.9 Å². The highest BCUT2D eigenvalue weighted by Crippen LogP contribution is 2.30. The number of hydrogen-bond acceptors (Lipinski definition) is 7. The van der Waals surface area contributed by atoms with E-state index >= 15 is 0 Å². The summed E-state index contributed by atoms with van der Waals surface area (Å²) < 4.78 is 29.7. The van der Waals surface area contributed by atoms with Gasteiger partial charge in [0.1, 0.15) is 24.0 Å². The van der Waals surface area contributed by atoms with E-state index in [9.17, 15) is 9.00 Å². The molecule has 1 atom stereocenters. The van der Waals surface area contributed by atoms with Gasteiger partial charge in [0.05, 0.1) is 16.8 Å². The van der Waals surface area contributed by atoms with Crippen LogP contribution >= 0.6 is 0 Å². The second kappa shape index (κ2) is 12.0. The quantitative estimate of drug-likeness (QED) is 0.456. The van der Waals surface area contributed by atoms with Gasteiger partial charge >= 0.3 is 0 Å². The molecule has 1 aromatic carbocycles.